The van der Waals surface area contributed by atoms with Crippen LogP contribution in [0.2, 0.25) is 5.02 Å². The Morgan fingerprint density at radius 2 is 2.06 bits per heavy atom. The number of pyridine rings is 2. The summed E-state index contributed by atoms with van der Waals surface area (Å²) < 4.78 is 0. The molecule has 2 aromatic heterocycles. The predicted molar refractivity (Wildman–Crippen MR) is 67.1 cm³/mol. The van der Waals surface area contributed by atoms with Crippen LogP contribution < -0.4 is 17.0 Å². The van der Waals surface area contributed by atoms with Gasteiger partial charge in [0.15, 0.2) is 0 Å². The lowest BCUT2D eigenvalue weighted by Crippen LogP contribution is -2.30. The topological polar surface area (TPSA) is 89.8 Å². The van der Waals surface area contributed by atoms with Crippen LogP contribution in [0.4, 0.5) is 5.82 Å². The third kappa shape index (κ3) is 2.52. The number of hydrogen-bond acceptors (Lipinski definition) is 5. The summed E-state index contributed by atoms with van der Waals surface area (Å²) in [6.07, 6.45) is 3.19. The SMILES string of the molecule is NNC(c1ccc(Cl)cn1)c1cccnc1N. The van der Waals surface area contributed by atoms with Crippen molar-refractivity contribution in [1.82, 2.24) is 15.4 Å². The molecule has 2 rings (SSSR count). The molecular weight excluding hydrogens is 238 g/mol. The van der Waals surface area contributed by atoms with E-state index in [1.54, 1.807) is 30.6 Å². The Kier molecular flexibility index (Phi) is 3.53. The van der Waals surface area contributed by atoms with E-state index < -0.39 is 0 Å². The summed E-state index contributed by atoms with van der Waals surface area (Å²) >= 11 is 5.79. The maximum atomic E-state index is 5.80. The second-order valence-corrected chi connectivity index (χ2v) is 3.92. The van der Waals surface area contributed by atoms with Gasteiger partial charge in [0.25, 0.3) is 0 Å². The molecule has 0 aliphatic rings. The maximum Gasteiger partial charge on any atom is 0.128 e. The van der Waals surface area contributed by atoms with E-state index in [1.165, 1.54) is 0 Å². The molecule has 0 saturated heterocycles. The van der Waals surface area contributed by atoms with E-state index in [1.807, 2.05) is 6.07 Å². The van der Waals surface area contributed by atoms with Crippen molar-refractivity contribution >= 4 is 17.4 Å². The predicted octanol–water partition coefficient (Wildman–Crippen LogP) is 1.26. The van der Waals surface area contributed by atoms with Crippen LogP contribution >= 0.6 is 11.6 Å². The lowest BCUT2D eigenvalue weighted by Gasteiger charge is -2.16. The van der Waals surface area contributed by atoms with Gasteiger partial charge in [0.2, 0.25) is 0 Å². The quantitative estimate of drug-likeness (QED) is 0.563. The Balaban J connectivity index is 2.40. The molecule has 88 valence electrons. The number of hydrogen-bond donors (Lipinski definition) is 3. The Morgan fingerprint density at radius 3 is 2.65 bits per heavy atom. The van der Waals surface area contributed by atoms with E-state index in [9.17, 15) is 0 Å². The number of aromatic nitrogens is 2. The van der Waals surface area contributed by atoms with Crippen LogP contribution in [0.3, 0.4) is 0 Å². The van der Waals surface area contributed by atoms with Crippen molar-refractivity contribution in [3.8, 4) is 0 Å². The first-order valence-corrected chi connectivity index (χ1v) is 5.38. The molecule has 2 aromatic rings. The number of nitrogens with two attached hydrogens (primary N) is 2. The van der Waals surface area contributed by atoms with Crippen molar-refractivity contribution in [2.24, 2.45) is 5.84 Å². The molecule has 0 bridgehead atoms. The zero-order chi connectivity index (χ0) is 12.3. The summed E-state index contributed by atoms with van der Waals surface area (Å²) in [6, 6.07) is 6.89. The van der Waals surface area contributed by atoms with Gasteiger partial charge in [-0.05, 0) is 18.2 Å². The lowest BCUT2D eigenvalue weighted by molar-refractivity contribution is 0.620. The van der Waals surface area contributed by atoms with Crippen molar-refractivity contribution in [3.63, 3.8) is 0 Å². The van der Waals surface area contributed by atoms with E-state index in [0.717, 1.165) is 11.3 Å². The molecule has 0 saturated carbocycles. The summed E-state index contributed by atoms with van der Waals surface area (Å²) in [5, 5.41) is 0.573. The fraction of sp³-hybridized carbons (Fsp3) is 0.0909. The summed E-state index contributed by atoms with van der Waals surface area (Å²) in [4.78, 5) is 8.23. The molecule has 6 heteroatoms. The number of rotatable bonds is 3. The highest BCUT2D eigenvalue weighted by molar-refractivity contribution is 6.30. The van der Waals surface area contributed by atoms with E-state index in [-0.39, 0.29) is 6.04 Å². The largest absolute Gasteiger partial charge is 0.383 e. The van der Waals surface area contributed by atoms with Gasteiger partial charge in [0, 0.05) is 18.0 Å². The molecule has 0 radical (unpaired) electrons. The van der Waals surface area contributed by atoms with Gasteiger partial charge in [0.05, 0.1) is 16.8 Å². The van der Waals surface area contributed by atoms with Gasteiger partial charge in [0.1, 0.15) is 5.82 Å². The van der Waals surface area contributed by atoms with Crippen LogP contribution in [0.15, 0.2) is 36.7 Å². The second-order valence-electron chi connectivity index (χ2n) is 3.48. The first-order valence-electron chi connectivity index (χ1n) is 5.00. The second kappa shape index (κ2) is 5.09. The molecule has 0 aliphatic heterocycles. The number of halogens is 1. The smallest absolute Gasteiger partial charge is 0.128 e. The number of nitrogens with one attached hydrogen (secondary N) is 1. The Labute approximate surface area is 104 Å². The van der Waals surface area contributed by atoms with Gasteiger partial charge in [-0.25, -0.2) is 10.4 Å². The molecule has 0 aromatic carbocycles. The van der Waals surface area contributed by atoms with E-state index in [2.05, 4.69) is 15.4 Å². The molecule has 2 heterocycles. The standard InChI is InChI=1S/C11H12ClN5/c12-7-3-4-9(16-6-7)10(17-14)8-2-1-5-15-11(8)13/h1-6,10,17H,14H2,(H2,13,15). The average Bonchev–Trinajstić information content (AvgIpc) is 2.35. The minimum Gasteiger partial charge on any atom is -0.383 e. The van der Waals surface area contributed by atoms with Crippen LogP contribution in [-0.4, -0.2) is 9.97 Å². The molecule has 5 nitrogen and oxygen atoms in total. The lowest BCUT2D eigenvalue weighted by atomic mass is 10.0. The molecule has 0 amide bonds. The molecule has 5 N–H and O–H groups in total. The first-order chi connectivity index (χ1) is 8.22. The van der Waals surface area contributed by atoms with Crippen molar-refractivity contribution in [2.75, 3.05) is 5.73 Å². The highest BCUT2D eigenvalue weighted by Gasteiger charge is 2.16. The molecule has 0 aliphatic carbocycles. The fourth-order valence-electron chi connectivity index (χ4n) is 1.57. The van der Waals surface area contributed by atoms with Gasteiger partial charge < -0.3 is 5.73 Å². The van der Waals surface area contributed by atoms with Crippen LogP contribution in [-0.2, 0) is 0 Å². The van der Waals surface area contributed by atoms with Gasteiger partial charge >= 0.3 is 0 Å². The van der Waals surface area contributed by atoms with Crippen molar-refractivity contribution in [2.45, 2.75) is 6.04 Å². The van der Waals surface area contributed by atoms with Crippen molar-refractivity contribution in [1.29, 1.82) is 0 Å². The Bertz CT molecular complexity index is 499. The first kappa shape index (κ1) is 11.8. The zero-order valence-corrected chi connectivity index (χ0v) is 9.72. The minimum atomic E-state index is -0.305. The van der Waals surface area contributed by atoms with Crippen LogP contribution in [0.1, 0.15) is 17.3 Å². The van der Waals surface area contributed by atoms with E-state index in [4.69, 9.17) is 23.2 Å². The van der Waals surface area contributed by atoms with Gasteiger partial charge in [-0.15, -0.1) is 0 Å². The molecular formula is C11H12ClN5. The Morgan fingerprint density at radius 1 is 1.24 bits per heavy atom. The van der Waals surface area contributed by atoms with Gasteiger partial charge in [-0.1, -0.05) is 17.7 Å². The maximum absolute atomic E-state index is 5.80. The molecule has 1 unspecified atom stereocenters. The van der Waals surface area contributed by atoms with Crippen LogP contribution in [0.5, 0.6) is 0 Å². The Hall–Kier alpha value is -1.69. The van der Waals surface area contributed by atoms with Gasteiger partial charge in [-0.3, -0.25) is 10.8 Å². The highest BCUT2D eigenvalue weighted by atomic mass is 35.5. The van der Waals surface area contributed by atoms with E-state index in [0.29, 0.717) is 10.8 Å². The number of hydrazine groups is 1. The zero-order valence-electron chi connectivity index (χ0n) is 8.97. The molecule has 0 fully saturated rings. The fourth-order valence-corrected chi connectivity index (χ4v) is 1.68. The molecule has 1 atom stereocenters. The number of anilines is 1. The third-order valence-corrected chi connectivity index (χ3v) is 2.62. The summed E-state index contributed by atoms with van der Waals surface area (Å²) in [5.74, 6) is 5.96. The number of nitrogen functional groups attached to an aromatic ring is 1. The highest BCUT2D eigenvalue weighted by Crippen LogP contribution is 2.23. The number of nitrogens with zero attached hydrogens (tertiary/aromatic N) is 2. The summed E-state index contributed by atoms with van der Waals surface area (Å²) in [7, 11) is 0. The monoisotopic (exact) mass is 249 g/mol. The average molecular weight is 250 g/mol. The summed E-state index contributed by atoms with van der Waals surface area (Å²) in [6.45, 7) is 0. The van der Waals surface area contributed by atoms with E-state index >= 15 is 0 Å². The van der Waals surface area contributed by atoms with Crippen molar-refractivity contribution in [3.05, 3.63) is 52.9 Å². The van der Waals surface area contributed by atoms with Gasteiger partial charge in [-0.2, -0.15) is 0 Å². The molecule has 17 heavy (non-hydrogen) atoms. The molecule has 0 spiro atoms. The summed E-state index contributed by atoms with van der Waals surface area (Å²) in [5.41, 5.74) is 9.99. The normalized spacial score (nSPS) is 12.4. The van der Waals surface area contributed by atoms with Crippen LogP contribution in [0, 0.1) is 0 Å². The van der Waals surface area contributed by atoms with Crippen LogP contribution in [0.25, 0.3) is 0 Å². The van der Waals surface area contributed by atoms with Crippen molar-refractivity contribution < 1.29 is 0 Å². The third-order valence-electron chi connectivity index (χ3n) is 2.39. The minimum absolute atomic E-state index is 0.305.